The molecule has 3 unspecified atom stereocenters. The molecular formula is C14H26N2O3S. The van der Waals surface area contributed by atoms with Crippen LogP contribution < -0.4 is 5.32 Å². The van der Waals surface area contributed by atoms with Crippen molar-refractivity contribution in [2.75, 3.05) is 31.1 Å². The Morgan fingerprint density at radius 2 is 2.10 bits per heavy atom. The average molecular weight is 302 g/mol. The summed E-state index contributed by atoms with van der Waals surface area (Å²) in [5.41, 5.74) is 0. The maximum Gasteiger partial charge on any atom is 0.226 e. The highest BCUT2D eigenvalue weighted by Crippen LogP contribution is 2.24. The molecule has 0 radical (unpaired) electrons. The van der Waals surface area contributed by atoms with E-state index in [9.17, 15) is 13.2 Å². The predicted octanol–water partition coefficient (Wildman–Crippen LogP) is 0.658. The van der Waals surface area contributed by atoms with E-state index in [0.717, 1.165) is 32.5 Å². The number of hydrogen-bond acceptors (Lipinski definition) is 4. The minimum absolute atomic E-state index is 0.0480. The third kappa shape index (κ3) is 3.73. The SMILES string of the molecule is CCCNC1CCN(C(=O)C2CCS(=O)(=O)C2)CC1C. The van der Waals surface area contributed by atoms with Crippen molar-refractivity contribution in [1.29, 1.82) is 0 Å². The Morgan fingerprint density at radius 1 is 1.35 bits per heavy atom. The minimum Gasteiger partial charge on any atom is -0.342 e. The number of nitrogens with one attached hydrogen (secondary N) is 1. The van der Waals surface area contributed by atoms with Crippen molar-refractivity contribution in [1.82, 2.24) is 10.2 Å². The molecule has 0 aliphatic carbocycles. The lowest BCUT2D eigenvalue weighted by atomic mass is 9.92. The number of carbonyl (C=O) groups is 1. The van der Waals surface area contributed by atoms with Gasteiger partial charge in [-0.25, -0.2) is 8.42 Å². The van der Waals surface area contributed by atoms with Crippen molar-refractivity contribution in [3.8, 4) is 0 Å². The molecule has 1 N–H and O–H groups in total. The molecule has 5 nitrogen and oxygen atoms in total. The summed E-state index contributed by atoms with van der Waals surface area (Å²) >= 11 is 0. The lowest BCUT2D eigenvalue weighted by molar-refractivity contribution is -0.136. The Kier molecular flexibility index (Phi) is 5.07. The molecule has 0 aromatic rings. The van der Waals surface area contributed by atoms with Crippen molar-refractivity contribution in [2.45, 2.75) is 39.2 Å². The van der Waals surface area contributed by atoms with Gasteiger partial charge in [0.2, 0.25) is 5.91 Å². The molecule has 0 spiro atoms. The fourth-order valence-electron chi connectivity index (χ4n) is 3.23. The van der Waals surface area contributed by atoms with Crippen LogP contribution in [0.5, 0.6) is 0 Å². The lowest BCUT2D eigenvalue weighted by Gasteiger charge is -2.38. The molecule has 2 aliphatic heterocycles. The molecule has 6 heteroatoms. The fourth-order valence-corrected chi connectivity index (χ4v) is 4.96. The third-order valence-corrected chi connectivity index (χ3v) is 6.22. The normalized spacial score (nSPS) is 33.3. The first-order chi connectivity index (χ1) is 9.43. The molecule has 2 rings (SSSR count). The first-order valence-electron chi connectivity index (χ1n) is 7.65. The van der Waals surface area contributed by atoms with Gasteiger partial charge in [-0.3, -0.25) is 4.79 Å². The van der Waals surface area contributed by atoms with Crippen molar-refractivity contribution in [2.24, 2.45) is 11.8 Å². The van der Waals surface area contributed by atoms with Gasteiger partial charge in [0.15, 0.2) is 9.84 Å². The van der Waals surface area contributed by atoms with Gasteiger partial charge in [-0.1, -0.05) is 13.8 Å². The molecule has 0 aromatic carbocycles. The van der Waals surface area contributed by atoms with Gasteiger partial charge < -0.3 is 10.2 Å². The van der Waals surface area contributed by atoms with Crippen molar-refractivity contribution >= 4 is 15.7 Å². The van der Waals surface area contributed by atoms with Crippen LogP contribution in [0.3, 0.4) is 0 Å². The smallest absolute Gasteiger partial charge is 0.226 e. The number of hydrogen-bond donors (Lipinski definition) is 1. The first-order valence-corrected chi connectivity index (χ1v) is 9.47. The van der Waals surface area contributed by atoms with Crippen LogP contribution in [0.25, 0.3) is 0 Å². The minimum atomic E-state index is -2.98. The van der Waals surface area contributed by atoms with Gasteiger partial charge in [0, 0.05) is 19.1 Å². The zero-order chi connectivity index (χ0) is 14.8. The maximum absolute atomic E-state index is 12.4. The fraction of sp³-hybridized carbons (Fsp3) is 0.929. The Hall–Kier alpha value is -0.620. The van der Waals surface area contributed by atoms with Gasteiger partial charge in [-0.05, 0) is 31.7 Å². The largest absolute Gasteiger partial charge is 0.342 e. The molecule has 2 fully saturated rings. The van der Waals surface area contributed by atoms with Crippen molar-refractivity contribution < 1.29 is 13.2 Å². The topological polar surface area (TPSA) is 66.5 Å². The molecule has 0 saturated carbocycles. The Morgan fingerprint density at radius 3 is 2.65 bits per heavy atom. The lowest BCUT2D eigenvalue weighted by Crippen LogP contribution is -2.51. The summed E-state index contributed by atoms with van der Waals surface area (Å²) in [5, 5.41) is 3.53. The van der Waals surface area contributed by atoms with E-state index in [1.54, 1.807) is 0 Å². The zero-order valence-corrected chi connectivity index (χ0v) is 13.3. The van der Waals surface area contributed by atoms with Gasteiger partial charge >= 0.3 is 0 Å². The number of amides is 1. The van der Waals surface area contributed by atoms with E-state index in [4.69, 9.17) is 0 Å². The molecule has 0 aromatic heterocycles. The van der Waals surface area contributed by atoms with Gasteiger partial charge in [0.25, 0.3) is 0 Å². The highest BCUT2D eigenvalue weighted by atomic mass is 32.2. The van der Waals surface area contributed by atoms with Crippen LogP contribution in [0.1, 0.15) is 33.1 Å². The second-order valence-electron chi connectivity index (χ2n) is 6.21. The molecule has 2 saturated heterocycles. The monoisotopic (exact) mass is 302 g/mol. The number of sulfone groups is 1. The summed E-state index contributed by atoms with van der Waals surface area (Å²) in [7, 11) is -2.98. The van der Waals surface area contributed by atoms with Crippen LogP contribution in [-0.4, -0.2) is 56.4 Å². The van der Waals surface area contributed by atoms with Gasteiger partial charge in [-0.15, -0.1) is 0 Å². The Balaban J connectivity index is 1.87. The second kappa shape index (κ2) is 6.43. The average Bonchev–Trinajstić information content (AvgIpc) is 2.77. The van der Waals surface area contributed by atoms with Crippen LogP contribution in [-0.2, 0) is 14.6 Å². The molecule has 2 aliphatic rings. The molecule has 1 amide bonds. The summed E-state index contributed by atoms with van der Waals surface area (Å²) in [6.45, 7) is 6.83. The van der Waals surface area contributed by atoms with Gasteiger partial charge in [-0.2, -0.15) is 0 Å². The second-order valence-corrected chi connectivity index (χ2v) is 8.44. The van der Waals surface area contributed by atoms with E-state index in [1.165, 1.54) is 0 Å². The third-order valence-electron chi connectivity index (χ3n) is 4.46. The highest BCUT2D eigenvalue weighted by Gasteiger charge is 2.37. The van der Waals surface area contributed by atoms with Gasteiger partial charge in [0.05, 0.1) is 17.4 Å². The highest BCUT2D eigenvalue weighted by molar-refractivity contribution is 7.91. The maximum atomic E-state index is 12.4. The summed E-state index contributed by atoms with van der Waals surface area (Å²) < 4.78 is 23.0. The number of piperidine rings is 1. The summed E-state index contributed by atoms with van der Waals surface area (Å²) in [5.74, 6) is 0.401. The van der Waals surface area contributed by atoms with E-state index < -0.39 is 9.84 Å². The van der Waals surface area contributed by atoms with Crippen LogP contribution in [0.15, 0.2) is 0 Å². The summed E-state index contributed by atoms with van der Waals surface area (Å²) in [6, 6.07) is 0.478. The van der Waals surface area contributed by atoms with Gasteiger partial charge in [0.1, 0.15) is 0 Å². The zero-order valence-electron chi connectivity index (χ0n) is 12.5. The van der Waals surface area contributed by atoms with E-state index in [1.807, 2.05) is 4.90 Å². The summed E-state index contributed by atoms with van der Waals surface area (Å²) in [6.07, 6.45) is 2.59. The quantitative estimate of drug-likeness (QED) is 0.828. The predicted molar refractivity (Wildman–Crippen MR) is 79.2 cm³/mol. The molecule has 2 heterocycles. The summed E-state index contributed by atoms with van der Waals surface area (Å²) in [4.78, 5) is 14.3. The number of nitrogens with zero attached hydrogens (tertiary/aromatic N) is 1. The van der Waals surface area contributed by atoms with E-state index >= 15 is 0 Å². The molecule has 3 atom stereocenters. The first kappa shape index (κ1) is 15.8. The number of likely N-dealkylation sites (tertiary alicyclic amines) is 1. The molecular weight excluding hydrogens is 276 g/mol. The van der Waals surface area contributed by atoms with Crippen LogP contribution in [0, 0.1) is 11.8 Å². The van der Waals surface area contributed by atoms with Crippen LogP contribution in [0.2, 0.25) is 0 Å². The van der Waals surface area contributed by atoms with Crippen molar-refractivity contribution in [3.63, 3.8) is 0 Å². The van der Waals surface area contributed by atoms with E-state index in [-0.39, 0.29) is 23.3 Å². The van der Waals surface area contributed by atoms with Crippen LogP contribution >= 0.6 is 0 Å². The van der Waals surface area contributed by atoms with E-state index in [2.05, 4.69) is 19.2 Å². The molecule has 20 heavy (non-hydrogen) atoms. The van der Waals surface area contributed by atoms with Crippen molar-refractivity contribution in [3.05, 3.63) is 0 Å². The van der Waals surface area contributed by atoms with E-state index in [0.29, 0.717) is 18.4 Å². The Bertz CT molecular complexity index is 449. The number of carbonyl (C=O) groups excluding carboxylic acids is 1. The van der Waals surface area contributed by atoms with Crippen LogP contribution in [0.4, 0.5) is 0 Å². The molecule has 0 bridgehead atoms. The molecule has 116 valence electrons. The Labute approximate surface area is 122 Å². The number of rotatable bonds is 4. The standard InChI is InChI=1S/C14H26N2O3S/c1-3-6-15-13-4-7-16(9-11(13)2)14(17)12-5-8-20(18,19)10-12/h11-13,15H,3-10H2,1-2H3.